The summed E-state index contributed by atoms with van der Waals surface area (Å²) in [7, 11) is -10.7. The molecule has 2 bridgehead atoms. The molecule has 10 atom stereocenters. The zero-order valence-electron chi connectivity index (χ0n) is 25.4. The molecule has 23 nitrogen and oxygen atoms in total. The van der Waals surface area contributed by atoms with Gasteiger partial charge in [-0.1, -0.05) is 0 Å². The van der Waals surface area contributed by atoms with Crippen LogP contribution in [0.15, 0.2) is 36.2 Å². The van der Waals surface area contributed by atoms with Gasteiger partial charge in [0.05, 0.1) is 25.9 Å². The number of hydrogen-bond donors (Lipinski definition) is 4. The zero-order valence-corrected chi connectivity index (χ0v) is 31.1. The first-order valence-electron chi connectivity index (χ1n) is 13.7. The minimum absolute atomic E-state index is 0. The molecule has 8 rings (SSSR count). The third-order valence-electron chi connectivity index (χ3n) is 7.87. The van der Waals surface area contributed by atoms with Crippen molar-refractivity contribution in [2.45, 2.75) is 49.1 Å². The first kappa shape index (κ1) is 37.1. The monoisotopic (exact) mass is 742 g/mol. The first-order valence-corrected chi connectivity index (χ1v) is 16.6. The van der Waals surface area contributed by atoms with Crippen LogP contribution in [-0.4, -0.2) is 103 Å². The number of nitrogen functional groups attached to an aromatic ring is 1. The number of nitrogens with two attached hydrogens (primary N) is 1. The minimum atomic E-state index is -5.38. The van der Waals surface area contributed by atoms with Crippen molar-refractivity contribution in [3.63, 3.8) is 0 Å². The fraction of sp³-hybridized carbons (Fsp3) is 0.455. The number of phosphoric ester groups is 2. The topological polar surface area (TPSA) is 314 Å². The minimum Gasteiger partial charge on any atom is -0.756 e. The average Bonchev–Trinajstić information content (AvgIpc) is 3.83. The molecule has 3 aliphatic heterocycles. The number of nitrogens with zero attached hydrogens (tertiary/aromatic N) is 8. The number of aliphatic hydroxyl groups is 2. The molecule has 3 aliphatic rings. The van der Waals surface area contributed by atoms with E-state index < -0.39 is 83.5 Å². The molecule has 0 aromatic carbocycles. The van der Waals surface area contributed by atoms with Gasteiger partial charge in [-0.2, -0.15) is 4.98 Å². The molecule has 0 aliphatic carbocycles. The number of rotatable bonds is 2. The van der Waals surface area contributed by atoms with E-state index in [4.69, 9.17) is 33.3 Å². The maximum atomic E-state index is 13.1. The van der Waals surface area contributed by atoms with Gasteiger partial charge >= 0.3 is 59.1 Å². The maximum Gasteiger partial charge on any atom is 1.00 e. The summed E-state index contributed by atoms with van der Waals surface area (Å²) in [6, 6.07) is 0. The molecule has 27 heteroatoms. The summed E-state index contributed by atoms with van der Waals surface area (Å²) in [6.45, 7) is -1.80. The van der Waals surface area contributed by atoms with Crippen molar-refractivity contribution in [1.29, 1.82) is 0 Å². The van der Waals surface area contributed by atoms with E-state index in [0.29, 0.717) is 11.2 Å². The summed E-state index contributed by atoms with van der Waals surface area (Å²) in [6.07, 6.45) is -6.18. The number of ether oxygens (including phenoxy) is 2. The quantitative estimate of drug-likeness (QED) is 0.0964. The van der Waals surface area contributed by atoms with Gasteiger partial charge in [0, 0.05) is 12.4 Å². The molecule has 0 amide bonds. The summed E-state index contributed by atoms with van der Waals surface area (Å²) >= 11 is 0. The number of nitrogens with one attached hydrogen (secondary N) is 1. The van der Waals surface area contributed by atoms with Crippen LogP contribution in [0.2, 0.25) is 0 Å². The summed E-state index contributed by atoms with van der Waals surface area (Å²) in [5.74, 6) is -0.301. The molecule has 49 heavy (non-hydrogen) atoms. The zero-order chi connectivity index (χ0) is 32.8. The van der Waals surface area contributed by atoms with Crippen LogP contribution < -0.4 is 80.2 Å². The number of hydrogen-bond acceptors (Lipinski definition) is 19. The van der Waals surface area contributed by atoms with Crippen LogP contribution in [0.1, 0.15) is 12.5 Å². The van der Waals surface area contributed by atoms with Crippen LogP contribution in [0.3, 0.4) is 0 Å². The van der Waals surface area contributed by atoms with Crippen LogP contribution in [0.4, 0.5) is 5.95 Å². The smallest absolute Gasteiger partial charge is 0.756 e. The molecule has 8 heterocycles. The number of H-pyrrole nitrogens is 1. The maximum absolute atomic E-state index is 13.1. The second-order valence-corrected chi connectivity index (χ2v) is 13.5. The standard InChI is InChI=1S/C22H24N10O13P2.2Na/c23-22-28-18-11(19(35)29-22)26-7-32(18)21-15-12(33)8(42-21)3-40-46(36,37)44-14-9(4-41-47(38,39)45-15)43-20(13(14)34)31-6-25-10-16-24-1-2-30(16)5-27-17(10)31;;/h1-2,5-9,12-15,20-21,33-34H,3-4H2,(H,36,37)(H,38,39)(H3,23,28,29,35);;/q;2*+1/p-2/t8-,9-,12-,13-,14-,15-,20-,21-;;/m1../s1. The molecule has 0 radical (unpaired) electrons. The van der Waals surface area contributed by atoms with Crippen molar-refractivity contribution in [2.75, 3.05) is 18.9 Å². The second-order valence-electron chi connectivity index (χ2n) is 10.7. The van der Waals surface area contributed by atoms with Gasteiger partial charge in [-0.15, -0.1) is 0 Å². The van der Waals surface area contributed by atoms with Crippen molar-refractivity contribution in [1.82, 2.24) is 43.4 Å². The normalized spacial score (nSPS) is 35.3. The van der Waals surface area contributed by atoms with Gasteiger partial charge in [0.2, 0.25) is 5.95 Å². The molecule has 5 aromatic heterocycles. The van der Waals surface area contributed by atoms with Crippen LogP contribution in [0, 0.1) is 0 Å². The Kier molecular flexibility index (Phi) is 10.4. The first-order chi connectivity index (χ1) is 22.4. The Hall–Kier alpha value is -1.70. The Morgan fingerprint density at radius 2 is 1.45 bits per heavy atom. The summed E-state index contributed by atoms with van der Waals surface area (Å²) in [5, 5.41) is 22.2. The van der Waals surface area contributed by atoms with E-state index in [1.165, 1.54) is 23.4 Å². The number of aliphatic hydroxyl groups excluding tert-OH is 2. The summed E-state index contributed by atoms with van der Waals surface area (Å²) < 4.78 is 62.2. The molecule has 5 N–H and O–H groups in total. The molecule has 3 fully saturated rings. The molecule has 2 unspecified atom stereocenters. The SMILES string of the molecule is Nc1nc2c(ncn2[C@@H]2O[C@@H]3COP(=O)([O-])O[C@H]4[C@@H](O)[C@H](n5cnc6c5ncn5ccnc65)O[C@@H]4COP(=O)([O-])O[C@@H]2[C@@H]3O)c(=O)[nH]1.[Na+].[Na+]. The Morgan fingerprint density at radius 1 is 0.816 bits per heavy atom. The van der Waals surface area contributed by atoms with Gasteiger partial charge in [0.25, 0.3) is 21.2 Å². The van der Waals surface area contributed by atoms with E-state index in [1.54, 1.807) is 10.6 Å². The van der Waals surface area contributed by atoms with Crippen LogP contribution in [0.5, 0.6) is 0 Å². The van der Waals surface area contributed by atoms with Crippen molar-refractivity contribution in [2.24, 2.45) is 0 Å². The van der Waals surface area contributed by atoms with Gasteiger partial charge in [-0.25, -0.2) is 19.9 Å². The molecule has 0 saturated carbocycles. The Bertz CT molecular complexity index is 2180. The second kappa shape index (κ2) is 13.7. The third kappa shape index (κ3) is 6.60. The van der Waals surface area contributed by atoms with E-state index in [9.17, 15) is 33.9 Å². The van der Waals surface area contributed by atoms with Crippen molar-refractivity contribution in [3.8, 4) is 0 Å². The van der Waals surface area contributed by atoms with E-state index in [-0.39, 0.29) is 81.9 Å². The Balaban J connectivity index is 0.00000208. The van der Waals surface area contributed by atoms with Gasteiger partial charge < -0.3 is 53.3 Å². The fourth-order valence-corrected chi connectivity index (χ4v) is 7.62. The van der Waals surface area contributed by atoms with E-state index >= 15 is 0 Å². The van der Waals surface area contributed by atoms with Gasteiger partial charge in [-0.05, 0) is 0 Å². The number of aromatic amines is 1. The van der Waals surface area contributed by atoms with Crippen LogP contribution in [0.25, 0.3) is 28.0 Å². The number of fused-ring (bicyclic) bond motifs is 7. The van der Waals surface area contributed by atoms with E-state index in [0.717, 1.165) is 10.9 Å². The molecule has 250 valence electrons. The predicted molar refractivity (Wildman–Crippen MR) is 146 cm³/mol. The molecular weight excluding hydrogens is 720 g/mol. The summed E-state index contributed by atoms with van der Waals surface area (Å²) in [4.78, 5) is 61.4. The predicted octanol–water partition coefficient (Wildman–Crippen LogP) is -8.93. The molecule has 0 spiro atoms. The Labute approximate surface area is 316 Å². The van der Waals surface area contributed by atoms with Gasteiger partial charge in [0.1, 0.15) is 43.0 Å². The molecule has 3 saturated heterocycles. The average molecular weight is 742 g/mol. The van der Waals surface area contributed by atoms with Crippen molar-refractivity contribution < 1.29 is 116 Å². The van der Waals surface area contributed by atoms with Crippen molar-refractivity contribution >= 4 is 49.6 Å². The van der Waals surface area contributed by atoms with E-state index in [1.807, 2.05) is 0 Å². The van der Waals surface area contributed by atoms with Gasteiger partial charge in [-0.3, -0.25) is 32.4 Å². The molecule has 5 aromatic rings. The number of phosphoric acid groups is 2. The number of aromatic nitrogens is 9. The largest absolute Gasteiger partial charge is 1.00 e. The van der Waals surface area contributed by atoms with Gasteiger partial charge in [0.15, 0.2) is 40.4 Å². The fourth-order valence-electron chi connectivity index (χ4n) is 5.76. The van der Waals surface area contributed by atoms with E-state index in [2.05, 4.69) is 29.9 Å². The van der Waals surface area contributed by atoms with Crippen LogP contribution in [-0.2, 0) is 36.7 Å². The molecular formula is C22H22N10Na2O13P2. The third-order valence-corrected chi connectivity index (χ3v) is 9.80. The number of anilines is 1. The van der Waals surface area contributed by atoms with Crippen LogP contribution >= 0.6 is 15.6 Å². The Morgan fingerprint density at radius 3 is 2.18 bits per heavy atom. The summed E-state index contributed by atoms with van der Waals surface area (Å²) in [5.41, 5.74) is 5.57. The number of imidazole rings is 3. The van der Waals surface area contributed by atoms with Crippen molar-refractivity contribution in [3.05, 3.63) is 41.7 Å².